The van der Waals surface area contributed by atoms with Gasteiger partial charge >= 0.3 is 0 Å². The largest absolute Gasteiger partial charge is 0.298 e. The molecule has 94 valence electrons. The van der Waals surface area contributed by atoms with Crippen molar-refractivity contribution in [2.24, 2.45) is 0 Å². The molecule has 0 aliphatic carbocycles. The molecule has 0 unspecified atom stereocenters. The molecule has 0 aliphatic rings. The van der Waals surface area contributed by atoms with E-state index in [1.165, 1.54) is 0 Å². The van der Waals surface area contributed by atoms with E-state index in [0.29, 0.717) is 0 Å². The molecule has 1 aromatic rings. The van der Waals surface area contributed by atoms with Crippen molar-refractivity contribution in [2.45, 2.75) is 9.79 Å². The van der Waals surface area contributed by atoms with E-state index in [4.69, 9.17) is 9.11 Å². The molecular formula is C7H5FO7S2. The Kier molecular flexibility index (Phi) is 3.34. The fourth-order valence-corrected chi connectivity index (χ4v) is 2.34. The predicted molar refractivity (Wildman–Crippen MR) is 51.4 cm³/mol. The summed E-state index contributed by atoms with van der Waals surface area (Å²) in [6.45, 7) is 0. The molecule has 2 N–H and O–H groups in total. The lowest BCUT2D eigenvalue weighted by atomic mass is 10.2. The van der Waals surface area contributed by atoms with Crippen LogP contribution in [0.2, 0.25) is 0 Å². The topological polar surface area (TPSA) is 126 Å². The van der Waals surface area contributed by atoms with E-state index < -0.39 is 41.4 Å². The lowest BCUT2D eigenvalue weighted by molar-refractivity contribution is 0.111. The molecule has 0 atom stereocenters. The number of benzene rings is 1. The van der Waals surface area contributed by atoms with Crippen LogP contribution in [0.4, 0.5) is 4.39 Å². The van der Waals surface area contributed by atoms with Gasteiger partial charge in [0.25, 0.3) is 20.2 Å². The molecule has 0 fully saturated rings. The maximum Gasteiger partial charge on any atom is 0.295 e. The van der Waals surface area contributed by atoms with E-state index in [-0.39, 0.29) is 18.4 Å². The molecule has 0 amide bonds. The van der Waals surface area contributed by atoms with Crippen LogP contribution in [0.3, 0.4) is 0 Å². The van der Waals surface area contributed by atoms with Gasteiger partial charge < -0.3 is 0 Å². The molecule has 0 heterocycles. The summed E-state index contributed by atoms with van der Waals surface area (Å²) < 4.78 is 73.5. The number of carbonyl (C=O) groups is 1. The van der Waals surface area contributed by atoms with Crippen LogP contribution in [0.15, 0.2) is 21.9 Å². The molecule has 0 saturated carbocycles. The number of aldehydes is 1. The number of hydrogen-bond acceptors (Lipinski definition) is 5. The fraction of sp³-hybridized carbons (Fsp3) is 0. The lowest BCUT2D eigenvalue weighted by Crippen LogP contribution is -2.08. The number of carbonyl (C=O) groups excluding carboxylic acids is 1. The first-order chi connectivity index (χ1) is 7.57. The molecule has 0 saturated heterocycles. The van der Waals surface area contributed by atoms with Crippen LogP contribution in [0.25, 0.3) is 0 Å². The molecule has 10 heteroatoms. The summed E-state index contributed by atoms with van der Waals surface area (Å²) in [5, 5.41) is 0. The van der Waals surface area contributed by atoms with Gasteiger partial charge in [-0.1, -0.05) is 0 Å². The van der Waals surface area contributed by atoms with Crippen LogP contribution in [-0.2, 0) is 20.2 Å². The van der Waals surface area contributed by atoms with Crippen LogP contribution in [-0.4, -0.2) is 32.2 Å². The van der Waals surface area contributed by atoms with Crippen LogP contribution in [0, 0.1) is 5.82 Å². The van der Waals surface area contributed by atoms with Crippen molar-refractivity contribution < 1.29 is 35.1 Å². The SMILES string of the molecule is O=Cc1c(F)cc(S(=O)(=O)O)cc1S(=O)(=O)O. The highest BCUT2D eigenvalue weighted by atomic mass is 32.2. The third-order valence-corrected chi connectivity index (χ3v) is 3.48. The molecule has 0 bridgehead atoms. The summed E-state index contributed by atoms with van der Waals surface area (Å²) in [7, 11) is -9.86. The standard InChI is InChI=1S/C7H5FO7S2/c8-6-1-4(16(10,11)12)2-7(5(6)3-9)17(13,14)15/h1-3H,(H,10,11,12)(H,13,14,15). The zero-order valence-corrected chi connectivity index (χ0v) is 9.50. The molecule has 17 heavy (non-hydrogen) atoms. The Morgan fingerprint density at radius 3 is 1.94 bits per heavy atom. The van der Waals surface area contributed by atoms with Crippen LogP contribution < -0.4 is 0 Å². The molecule has 0 spiro atoms. The van der Waals surface area contributed by atoms with Crippen LogP contribution in [0.1, 0.15) is 10.4 Å². The maximum atomic E-state index is 13.2. The second-order valence-electron chi connectivity index (χ2n) is 2.88. The first-order valence-corrected chi connectivity index (χ1v) is 6.69. The van der Waals surface area contributed by atoms with Crippen molar-refractivity contribution in [3.63, 3.8) is 0 Å². The summed E-state index contributed by atoms with van der Waals surface area (Å²) in [4.78, 5) is 8.10. The first-order valence-electron chi connectivity index (χ1n) is 3.81. The highest BCUT2D eigenvalue weighted by molar-refractivity contribution is 7.86. The van der Waals surface area contributed by atoms with Gasteiger partial charge in [-0.15, -0.1) is 0 Å². The number of halogens is 1. The second-order valence-corrected chi connectivity index (χ2v) is 5.70. The summed E-state index contributed by atoms with van der Waals surface area (Å²) in [6.07, 6.45) is -0.202. The van der Waals surface area contributed by atoms with Crippen molar-refractivity contribution >= 4 is 26.5 Å². The van der Waals surface area contributed by atoms with Gasteiger partial charge in [0, 0.05) is 0 Å². The van der Waals surface area contributed by atoms with E-state index >= 15 is 0 Å². The average molecular weight is 284 g/mol. The molecular weight excluding hydrogens is 279 g/mol. The summed E-state index contributed by atoms with van der Waals surface area (Å²) >= 11 is 0. The normalized spacial score (nSPS) is 12.4. The molecule has 1 rings (SSSR count). The Morgan fingerprint density at radius 1 is 1.06 bits per heavy atom. The van der Waals surface area contributed by atoms with E-state index in [1.807, 2.05) is 0 Å². The second kappa shape index (κ2) is 4.14. The Balaban J connectivity index is 3.81. The third kappa shape index (κ3) is 2.85. The molecule has 0 radical (unpaired) electrons. The lowest BCUT2D eigenvalue weighted by Gasteiger charge is -2.05. The highest BCUT2D eigenvalue weighted by Gasteiger charge is 2.23. The quantitative estimate of drug-likeness (QED) is 0.596. The average Bonchev–Trinajstić information content (AvgIpc) is 2.13. The van der Waals surface area contributed by atoms with Crippen molar-refractivity contribution in [1.29, 1.82) is 0 Å². The molecule has 1 aromatic carbocycles. The zero-order valence-electron chi connectivity index (χ0n) is 7.86. The number of hydrogen-bond donors (Lipinski definition) is 2. The van der Waals surface area contributed by atoms with Crippen LogP contribution >= 0.6 is 0 Å². The summed E-state index contributed by atoms with van der Waals surface area (Å²) in [5.41, 5.74) is -1.03. The predicted octanol–water partition coefficient (Wildman–Crippen LogP) is 0.132. The van der Waals surface area contributed by atoms with Crippen molar-refractivity contribution in [2.75, 3.05) is 0 Å². The Bertz CT molecular complexity index is 674. The Labute approximate surface area is 95.4 Å². The van der Waals surface area contributed by atoms with Gasteiger partial charge in [-0.3, -0.25) is 13.9 Å². The zero-order chi connectivity index (χ0) is 13.4. The maximum absolute atomic E-state index is 13.2. The van der Waals surface area contributed by atoms with Gasteiger partial charge in [0.2, 0.25) is 0 Å². The van der Waals surface area contributed by atoms with E-state index in [2.05, 4.69) is 0 Å². The first kappa shape index (κ1) is 13.7. The van der Waals surface area contributed by atoms with E-state index in [1.54, 1.807) is 0 Å². The van der Waals surface area contributed by atoms with Gasteiger partial charge in [-0.25, -0.2) is 4.39 Å². The summed E-state index contributed by atoms with van der Waals surface area (Å²) in [6, 6.07) is 0.533. The smallest absolute Gasteiger partial charge is 0.295 e. The highest BCUT2D eigenvalue weighted by Crippen LogP contribution is 2.22. The van der Waals surface area contributed by atoms with Gasteiger partial charge in [0.15, 0.2) is 6.29 Å². The van der Waals surface area contributed by atoms with E-state index in [9.17, 15) is 26.0 Å². The number of rotatable bonds is 3. The monoisotopic (exact) mass is 284 g/mol. The van der Waals surface area contributed by atoms with Crippen molar-refractivity contribution in [1.82, 2.24) is 0 Å². The minimum absolute atomic E-state index is 0.202. The van der Waals surface area contributed by atoms with Crippen molar-refractivity contribution in [3.8, 4) is 0 Å². The fourth-order valence-electron chi connectivity index (χ4n) is 1.05. The van der Waals surface area contributed by atoms with Gasteiger partial charge in [-0.2, -0.15) is 16.8 Å². The van der Waals surface area contributed by atoms with E-state index in [0.717, 1.165) is 0 Å². The van der Waals surface area contributed by atoms with Gasteiger partial charge in [-0.05, 0) is 12.1 Å². The van der Waals surface area contributed by atoms with Gasteiger partial charge in [0.1, 0.15) is 10.7 Å². The van der Waals surface area contributed by atoms with Crippen molar-refractivity contribution in [3.05, 3.63) is 23.5 Å². The summed E-state index contributed by atoms with van der Waals surface area (Å²) in [5.74, 6) is -1.50. The minimum Gasteiger partial charge on any atom is -0.298 e. The molecule has 7 nitrogen and oxygen atoms in total. The molecule has 0 aromatic heterocycles. The minimum atomic E-state index is -5.00. The Morgan fingerprint density at radius 2 is 1.59 bits per heavy atom. The van der Waals surface area contributed by atoms with Gasteiger partial charge in [0.05, 0.1) is 10.5 Å². The van der Waals surface area contributed by atoms with Crippen LogP contribution in [0.5, 0.6) is 0 Å². The third-order valence-electron chi connectivity index (χ3n) is 1.76. The Hall–Kier alpha value is -1.36. The molecule has 0 aliphatic heterocycles.